The van der Waals surface area contributed by atoms with E-state index in [1.807, 2.05) is 30.3 Å². The zero-order chi connectivity index (χ0) is 23.4. The van der Waals surface area contributed by atoms with Crippen molar-refractivity contribution in [3.05, 3.63) is 88.9 Å². The highest BCUT2D eigenvalue weighted by molar-refractivity contribution is 7.84. The number of nitrogens with zero attached hydrogens (tertiary/aromatic N) is 2. The average Bonchev–Trinajstić information content (AvgIpc) is 2.80. The summed E-state index contributed by atoms with van der Waals surface area (Å²) in [6.45, 7) is 4.29. The number of anilines is 1. The third-order valence-electron chi connectivity index (χ3n) is 5.66. The van der Waals surface area contributed by atoms with Gasteiger partial charge in [-0.15, -0.1) is 0 Å². The number of amides is 1. The van der Waals surface area contributed by atoms with Crippen LogP contribution in [-0.2, 0) is 16.8 Å². The minimum absolute atomic E-state index is 0.161. The molecule has 7 nitrogen and oxygen atoms in total. The molecule has 9 heteroatoms. The van der Waals surface area contributed by atoms with Gasteiger partial charge in [0.2, 0.25) is 0 Å². The second kappa shape index (κ2) is 9.93. The molecule has 0 aliphatic carbocycles. The van der Waals surface area contributed by atoms with Gasteiger partial charge in [-0.05, 0) is 53.1 Å². The SMILES string of the molecule is O=C(NS(=O)(=O)O)c1ccc(N2CCN(Cc3ccccc3-c3ccc(Cl)cc3)CC2)cc1. The van der Waals surface area contributed by atoms with Crippen molar-refractivity contribution in [1.82, 2.24) is 9.62 Å². The summed E-state index contributed by atoms with van der Waals surface area (Å²) in [6, 6.07) is 23.0. The van der Waals surface area contributed by atoms with Gasteiger partial charge in [0.05, 0.1) is 0 Å². The first-order valence-corrected chi connectivity index (χ1v) is 12.3. The predicted molar refractivity (Wildman–Crippen MR) is 130 cm³/mol. The predicted octanol–water partition coefficient (Wildman–Crippen LogP) is 3.86. The molecule has 1 amide bonds. The molecule has 0 radical (unpaired) electrons. The van der Waals surface area contributed by atoms with E-state index in [4.69, 9.17) is 16.2 Å². The molecule has 2 N–H and O–H groups in total. The third-order valence-corrected chi connectivity index (χ3v) is 6.35. The monoisotopic (exact) mass is 485 g/mol. The van der Waals surface area contributed by atoms with Crippen LogP contribution in [0.3, 0.4) is 0 Å². The lowest BCUT2D eigenvalue weighted by Crippen LogP contribution is -2.46. The van der Waals surface area contributed by atoms with Gasteiger partial charge < -0.3 is 4.90 Å². The molecule has 1 fully saturated rings. The highest BCUT2D eigenvalue weighted by Gasteiger charge is 2.19. The Morgan fingerprint density at radius 3 is 2.18 bits per heavy atom. The van der Waals surface area contributed by atoms with Crippen molar-refractivity contribution >= 4 is 33.5 Å². The van der Waals surface area contributed by atoms with Crippen LogP contribution in [0.15, 0.2) is 72.8 Å². The maximum Gasteiger partial charge on any atom is 0.359 e. The number of halogens is 1. The van der Waals surface area contributed by atoms with Crippen molar-refractivity contribution in [2.24, 2.45) is 0 Å². The highest BCUT2D eigenvalue weighted by Crippen LogP contribution is 2.27. The largest absolute Gasteiger partial charge is 0.369 e. The summed E-state index contributed by atoms with van der Waals surface area (Å²) in [4.78, 5) is 16.5. The summed E-state index contributed by atoms with van der Waals surface area (Å²) in [5.74, 6) is -0.867. The highest BCUT2D eigenvalue weighted by atomic mass is 35.5. The van der Waals surface area contributed by atoms with Crippen molar-refractivity contribution in [1.29, 1.82) is 0 Å². The van der Waals surface area contributed by atoms with Gasteiger partial charge in [-0.2, -0.15) is 8.42 Å². The van der Waals surface area contributed by atoms with Gasteiger partial charge >= 0.3 is 10.3 Å². The molecule has 3 aromatic carbocycles. The van der Waals surface area contributed by atoms with Gasteiger partial charge in [0.15, 0.2) is 0 Å². The molecule has 0 atom stereocenters. The van der Waals surface area contributed by atoms with Crippen molar-refractivity contribution in [2.75, 3.05) is 31.1 Å². The van der Waals surface area contributed by atoms with Gasteiger partial charge in [-0.25, -0.2) is 4.72 Å². The summed E-state index contributed by atoms with van der Waals surface area (Å²) in [6.07, 6.45) is 0. The van der Waals surface area contributed by atoms with Gasteiger partial charge in [-0.1, -0.05) is 48.0 Å². The summed E-state index contributed by atoms with van der Waals surface area (Å²) in [5.41, 5.74) is 4.73. The van der Waals surface area contributed by atoms with E-state index in [1.54, 1.807) is 29.0 Å². The second-order valence-electron chi connectivity index (χ2n) is 7.88. The molecule has 0 saturated carbocycles. The lowest BCUT2D eigenvalue weighted by molar-refractivity contribution is 0.0978. The molecule has 1 heterocycles. The Morgan fingerprint density at radius 2 is 1.55 bits per heavy atom. The standard InChI is InChI=1S/C24H24ClN3O4S/c25-21-9-5-18(6-10-21)23-4-2-1-3-20(23)17-27-13-15-28(16-14-27)22-11-7-19(8-12-22)24(29)26-33(30,31)32/h1-12H,13-17H2,(H,26,29)(H,30,31,32). The fourth-order valence-electron chi connectivity index (χ4n) is 3.97. The number of carbonyl (C=O) groups is 1. The molecular formula is C24H24ClN3O4S. The van der Waals surface area contributed by atoms with Crippen LogP contribution in [0.2, 0.25) is 5.02 Å². The number of hydrogen-bond acceptors (Lipinski definition) is 5. The van der Waals surface area contributed by atoms with E-state index < -0.39 is 16.2 Å². The number of carbonyl (C=O) groups excluding carboxylic acids is 1. The molecule has 3 aromatic rings. The van der Waals surface area contributed by atoms with Gasteiger partial charge in [0, 0.05) is 49.0 Å². The Balaban J connectivity index is 1.37. The molecule has 4 rings (SSSR count). The van der Waals surface area contributed by atoms with Gasteiger partial charge in [-0.3, -0.25) is 14.2 Å². The summed E-state index contributed by atoms with van der Waals surface area (Å²) in [5, 5.41) is 0.722. The van der Waals surface area contributed by atoms with E-state index in [1.165, 1.54) is 11.1 Å². The Kier molecular flexibility index (Phi) is 6.99. The molecule has 1 aliphatic heterocycles. The van der Waals surface area contributed by atoms with Crippen LogP contribution < -0.4 is 9.62 Å². The van der Waals surface area contributed by atoms with E-state index in [9.17, 15) is 13.2 Å². The van der Waals surface area contributed by atoms with Gasteiger partial charge in [0.25, 0.3) is 5.91 Å². The second-order valence-corrected chi connectivity index (χ2v) is 9.47. The van der Waals surface area contributed by atoms with E-state index >= 15 is 0 Å². The Morgan fingerprint density at radius 1 is 0.909 bits per heavy atom. The number of nitrogens with one attached hydrogen (secondary N) is 1. The lowest BCUT2D eigenvalue weighted by Gasteiger charge is -2.36. The fraction of sp³-hybridized carbons (Fsp3) is 0.208. The average molecular weight is 486 g/mol. The zero-order valence-corrected chi connectivity index (χ0v) is 19.4. The fourth-order valence-corrected chi connectivity index (χ4v) is 4.45. The molecule has 0 bridgehead atoms. The minimum atomic E-state index is -4.58. The van der Waals surface area contributed by atoms with Crippen molar-refractivity contribution in [2.45, 2.75) is 6.54 Å². The van der Waals surface area contributed by atoms with E-state index in [2.05, 4.69) is 28.0 Å². The van der Waals surface area contributed by atoms with Crippen molar-refractivity contribution in [3.8, 4) is 11.1 Å². The van der Waals surface area contributed by atoms with Crippen molar-refractivity contribution in [3.63, 3.8) is 0 Å². The summed E-state index contributed by atoms with van der Waals surface area (Å²) < 4.78 is 31.9. The Hall–Kier alpha value is -2.91. The maximum atomic E-state index is 11.8. The van der Waals surface area contributed by atoms with E-state index in [0.29, 0.717) is 0 Å². The first-order chi connectivity index (χ1) is 15.8. The van der Waals surface area contributed by atoms with Crippen LogP contribution >= 0.6 is 11.6 Å². The maximum absolute atomic E-state index is 11.8. The molecule has 1 saturated heterocycles. The molecule has 0 spiro atoms. The van der Waals surface area contributed by atoms with E-state index in [0.717, 1.165) is 49.0 Å². The smallest absolute Gasteiger partial charge is 0.359 e. The van der Waals surface area contributed by atoms with Crippen LogP contribution in [0.4, 0.5) is 5.69 Å². The molecule has 0 aromatic heterocycles. The molecule has 172 valence electrons. The van der Waals surface area contributed by atoms with Crippen LogP contribution in [0.25, 0.3) is 11.1 Å². The van der Waals surface area contributed by atoms with Crippen LogP contribution in [0, 0.1) is 0 Å². The normalized spacial score (nSPS) is 14.8. The van der Waals surface area contributed by atoms with Gasteiger partial charge in [0.1, 0.15) is 0 Å². The Bertz CT molecular complexity index is 1220. The lowest BCUT2D eigenvalue weighted by atomic mass is 9.99. The van der Waals surface area contributed by atoms with Crippen LogP contribution in [-0.4, -0.2) is 50.0 Å². The number of piperazine rings is 1. The first-order valence-electron chi connectivity index (χ1n) is 10.5. The first kappa shape index (κ1) is 23.3. The summed E-state index contributed by atoms with van der Waals surface area (Å²) in [7, 11) is -4.58. The Labute approximate surface area is 198 Å². The number of benzene rings is 3. The molecule has 33 heavy (non-hydrogen) atoms. The van der Waals surface area contributed by atoms with E-state index in [-0.39, 0.29) is 5.56 Å². The number of hydrogen-bond donors (Lipinski definition) is 2. The van der Waals surface area contributed by atoms with Crippen molar-refractivity contribution < 1.29 is 17.8 Å². The zero-order valence-electron chi connectivity index (χ0n) is 17.8. The van der Waals surface area contributed by atoms with Crippen LogP contribution in [0.5, 0.6) is 0 Å². The molecule has 1 aliphatic rings. The summed E-state index contributed by atoms with van der Waals surface area (Å²) >= 11 is 6.04. The molecular weight excluding hydrogens is 462 g/mol. The van der Waals surface area contributed by atoms with Crippen LogP contribution in [0.1, 0.15) is 15.9 Å². The number of rotatable bonds is 6. The quantitative estimate of drug-likeness (QED) is 0.515. The third kappa shape index (κ3) is 6.11. The molecule has 0 unspecified atom stereocenters. The minimum Gasteiger partial charge on any atom is -0.369 e. The topological polar surface area (TPSA) is 89.9 Å².